The Kier molecular flexibility index (Phi) is 7.09. The van der Waals surface area contributed by atoms with Gasteiger partial charge in [-0.1, -0.05) is 6.07 Å². The summed E-state index contributed by atoms with van der Waals surface area (Å²) in [6, 6.07) is 13.7. The number of ether oxygens (including phenoxy) is 1. The first-order valence-electron chi connectivity index (χ1n) is 9.05. The number of nitrogens with one attached hydrogen (secondary N) is 2. The molecule has 2 atom stereocenters. The third kappa shape index (κ3) is 5.95. The second-order valence-corrected chi connectivity index (χ2v) is 7.81. The number of likely N-dealkylation sites (tertiary alicyclic amines) is 1. The molecule has 144 valence electrons. The number of aromatic nitrogens is 1. The number of benzene rings is 1. The molecule has 3 rings (SSSR count). The van der Waals surface area contributed by atoms with Crippen LogP contribution in [0.4, 0.5) is 10.5 Å². The Labute approximate surface area is 164 Å². The van der Waals surface area contributed by atoms with E-state index in [1.165, 1.54) is 4.90 Å². The molecule has 0 radical (unpaired) electrons. The highest BCUT2D eigenvalue weighted by Crippen LogP contribution is 2.21. The summed E-state index contributed by atoms with van der Waals surface area (Å²) in [7, 11) is 3.70. The van der Waals surface area contributed by atoms with Gasteiger partial charge in [-0.15, -0.1) is 11.8 Å². The molecule has 1 aliphatic rings. The zero-order chi connectivity index (χ0) is 19.1. The predicted octanol–water partition coefficient (Wildman–Crippen LogP) is 2.87. The van der Waals surface area contributed by atoms with Crippen LogP contribution < -0.4 is 10.6 Å². The van der Waals surface area contributed by atoms with Gasteiger partial charge in [0.05, 0.1) is 12.1 Å². The summed E-state index contributed by atoms with van der Waals surface area (Å²) in [6.45, 7) is 1.61. The van der Waals surface area contributed by atoms with Crippen LogP contribution in [0.3, 0.4) is 0 Å². The smallest absolute Gasteiger partial charge is 0.319 e. The molecule has 7 heteroatoms. The molecule has 6 nitrogen and oxygen atoms in total. The van der Waals surface area contributed by atoms with Gasteiger partial charge in [-0.3, -0.25) is 4.98 Å². The molecule has 1 aliphatic heterocycles. The van der Waals surface area contributed by atoms with Gasteiger partial charge in [-0.05, 0) is 49.9 Å². The number of amides is 2. The third-order valence-corrected chi connectivity index (χ3v) is 5.55. The molecule has 2 heterocycles. The van der Waals surface area contributed by atoms with Crippen LogP contribution in [0.1, 0.15) is 5.69 Å². The first kappa shape index (κ1) is 19.7. The summed E-state index contributed by atoms with van der Waals surface area (Å²) >= 11 is 1.78. The number of carbonyl (C=O) groups excluding carboxylic acids is 1. The van der Waals surface area contributed by atoms with Gasteiger partial charge in [0.2, 0.25) is 0 Å². The van der Waals surface area contributed by atoms with E-state index in [0.29, 0.717) is 0 Å². The summed E-state index contributed by atoms with van der Waals surface area (Å²) in [6.07, 6.45) is 2.78. The van der Waals surface area contributed by atoms with Gasteiger partial charge >= 0.3 is 6.03 Å². The van der Waals surface area contributed by atoms with E-state index < -0.39 is 0 Å². The van der Waals surface area contributed by atoms with Crippen molar-refractivity contribution in [3.05, 3.63) is 54.4 Å². The van der Waals surface area contributed by atoms with Crippen molar-refractivity contribution in [2.24, 2.45) is 0 Å². The number of urea groups is 1. The predicted molar refractivity (Wildman–Crippen MR) is 109 cm³/mol. The normalized spacial score (nSPS) is 19.8. The minimum Gasteiger partial charge on any atom is -0.378 e. The maximum atomic E-state index is 12.2. The molecule has 1 fully saturated rings. The number of methoxy groups -OCH3 is 1. The number of carbonyl (C=O) groups is 1. The minimum absolute atomic E-state index is 0.00132. The Balaban J connectivity index is 1.44. The SMILES string of the molecule is CO[C@H]1CN(C)C[C@@H]1NC(=O)Nc1ccc(SCCc2ccccn2)cc1. The van der Waals surface area contributed by atoms with Crippen molar-refractivity contribution in [3.63, 3.8) is 0 Å². The fraction of sp³-hybridized carbons (Fsp3) is 0.400. The summed E-state index contributed by atoms with van der Waals surface area (Å²) in [5.41, 5.74) is 1.88. The van der Waals surface area contributed by atoms with Gasteiger partial charge in [0, 0.05) is 48.4 Å². The molecule has 1 aromatic heterocycles. The number of likely N-dealkylation sites (N-methyl/N-ethyl adjacent to an activating group) is 1. The fourth-order valence-electron chi connectivity index (χ4n) is 3.13. The molecular weight excluding hydrogens is 360 g/mol. The van der Waals surface area contributed by atoms with Crippen LogP contribution in [-0.4, -0.2) is 61.1 Å². The number of hydrogen-bond acceptors (Lipinski definition) is 5. The quantitative estimate of drug-likeness (QED) is 0.717. The van der Waals surface area contributed by atoms with Crippen molar-refractivity contribution in [1.82, 2.24) is 15.2 Å². The highest BCUT2D eigenvalue weighted by molar-refractivity contribution is 7.99. The Morgan fingerprint density at radius 2 is 2.07 bits per heavy atom. The van der Waals surface area contributed by atoms with E-state index in [4.69, 9.17) is 4.74 Å². The lowest BCUT2D eigenvalue weighted by molar-refractivity contribution is 0.0940. The monoisotopic (exact) mass is 386 g/mol. The first-order chi connectivity index (χ1) is 13.1. The van der Waals surface area contributed by atoms with E-state index >= 15 is 0 Å². The van der Waals surface area contributed by atoms with Crippen LogP contribution in [0.25, 0.3) is 0 Å². The van der Waals surface area contributed by atoms with Crippen molar-refractivity contribution in [2.45, 2.75) is 23.5 Å². The van der Waals surface area contributed by atoms with E-state index in [0.717, 1.165) is 36.6 Å². The van der Waals surface area contributed by atoms with Crippen LogP contribution in [-0.2, 0) is 11.2 Å². The van der Waals surface area contributed by atoms with Crippen LogP contribution >= 0.6 is 11.8 Å². The highest BCUT2D eigenvalue weighted by atomic mass is 32.2. The van der Waals surface area contributed by atoms with Crippen molar-refractivity contribution in [1.29, 1.82) is 0 Å². The molecule has 0 aliphatic carbocycles. The molecule has 0 bridgehead atoms. The van der Waals surface area contributed by atoms with Gasteiger partial charge in [0.25, 0.3) is 0 Å². The number of aryl methyl sites for hydroxylation is 1. The van der Waals surface area contributed by atoms with Gasteiger partial charge in [-0.25, -0.2) is 4.79 Å². The molecule has 2 N–H and O–H groups in total. The molecule has 1 saturated heterocycles. The minimum atomic E-state index is -0.201. The number of hydrogen-bond donors (Lipinski definition) is 2. The van der Waals surface area contributed by atoms with E-state index in [1.807, 2.05) is 55.7 Å². The van der Waals surface area contributed by atoms with E-state index in [2.05, 4.69) is 20.5 Å². The van der Waals surface area contributed by atoms with E-state index in [9.17, 15) is 4.79 Å². The second-order valence-electron chi connectivity index (χ2n) is 6.64. The fourth-order valence-corrected chi connectivity index (χ4v) is 4.00. The topological polar surface area (TPSA) is 66.5 Å². The van der Waals surface area contributed by atoms with E-state index in [-0.39, 0.29) is 18.2 Å². The zero-order valence-electron chi connectivity index (χ0n) is 15.7. The van der Waals surface area contributed by atoms with Gasteiger partial charge < -0.3 is 20.3 Å². The molecular formula is C20H26N4O2S. The number of thioether (sulfide) groups is 1. The Bertz CT molecular complexity index is 727. The van der Waals surface area contributed by atoms with Crippen LogP contribution in [0, 0.1) is 0 Å². The van der Waals surface area contributed by atoms with Crippen LogP contribution in [0.5, 0.6) is 0 Å². The average Bonchev–Trinajstić information content (AvgIpc) is 3.03. The van der Waals surface area contributed by atoms with Crippen molar-refractivity contribution >= 4 is 23.5 Å². The standard InChI is InChI=1S/C20H26N4O2S/c1-24-13-18(19(14-24)26-2)23-20(25)22-16-6-8-17(9-7-16)27-12-10-15-5-3-4-11-21-15/h3-9,11,18-19H,10,12-14H2,1-2H3,(H2,22,23,25)/t18-,19-/m0/s1. The number of pyridine rings is 1. The molecule has 0 spiro atoms. The number of anilines is 1. The maximum absolute atomic E-state index is 12.2. The third-order valence-electron chi connectivity index (χ3n) is 4.53. The zero-order valence-corrected chi connectivity index (χ0v) is 16.5. The lowest BCUT2D eigenvalue weighted by atomic mass is 10.2. The summed E-state index contributed by atoms with van der Waals surface area (Å²) in [4.78, 5) is 19.9. The van der Waals surface area contributed by atoms with Crippen molar-refractivity contribution in [3.8, 4) is 0 Å². The lowest BCUT2D eigenvalue weighted by Crippen LogP contribution is -2.45. The molecule has 0 unspecified atom stereocenters. The van der Waals surface area contributed by atoms with Gasteiger partial charge in [0.1, 0.15) is 0 Å². The number of nitrogens with zero attached hydrogens (tertiary/aromatic N) is 2. The van der Waals surface area contributed by atoms with Gasteiger partial charge in [0.15, 0.2) is 0 Å². The second kappa shape index (κ2) is 9.73. The molecule has 0 saturated carbocycles. The first-order valence-corrected chi connectivity index (χ1v) is 10.0. The summed E-state index contributed by atoms with van der Waals surface area (Å²) in [5.74, 6) is 0.970. The Morgan fingerprint density at radius 1 is 1.26 bits per heavy atom. The summed E-state index contributed by atoms with van der Waals surface area (Å²) < 4.78 is 5.44. The molecule has 2 amide bonds. The molecule has 27 heavy (non-hydrogen) atoms. The van der Waals surface area contributed by atoms with Gasteiger partial charge in [-0.2, -0.15) is 0 Å². The highest BCUT2D eigenvalue weighted by Gasteiger charge is 2.31. The maximum Gasteiger partial charge on any atom is 0.319 e. The Morgan fingerprint density at radius 3 is 2.78 bits per heavy atom. The lowest BCUT2D eigenvalue weighted by Gasteiger charge is -2.18. The molecule has 1 aromatic carbocycles. The van der Waals surface area contributed by atoms with Crippen LogP contribution in [0.15, 0.2) is 53.6 Å². The van der Waals surface area contributed by atoms with Crippen molar-refractivity contribution < 1.29 is 9.53 Å². The number of rotatable bonds is 7. The van der Waals surface area contributed by atoms with E-state index in [1.54, 1.807) is 18.9 Å². The average molecular weight is 387 g/mol. The van der Waals surface area contributed by atoms with Crippen molar-refractivity contribution in [2.75, 3.05) is 38.3 Å². The summed E-state index contributed by atoms with van der Waals surface area (Å²) in [5, 5.41) is 5.89. The largest absolute Gasteiger partial charge is 0.378 e. The van der Waals surface area contributed by atoms with Crippen LogP contribution in [0.2, 0.25) is 0 Å². The Hall–Kier alpha value is -2.09. The molecule has 2 aromatic rings.